The lowest BCUT2D eigenvalue weighted by Crippen LogP contribution is -2.33. The SMILES string of the molecule is C[C@H](NC(=O)c1c(N)nn2cccnc12)c1nc2cccc(C#C[Si](C)(C)C)c2c(=O)n1-c1ccccc1. The second kappa shape index (κ2) is 9.61. The molecule has 1 amide bonds. The van der Waals surface area contributed by atoms with E-state index in [4.69, 9.17) is 10.7 Å². The van der Waals surface area contributed by atoms with Crippen molar-refractivity contribution in [1.29, 1.82) is 0 Å². The summed E-state index contributed by atoms with van der Waals surface area (Å²) >= 11 is 0. The number of carbonyl (C=O) groups is 1. The summed E-state index contributed by atoms with van der Waals surface area (Å²) in [6.45, 7) is 8.23. The number of anilines is 1. The van der Waals surface area contributed by atoms with E-state index in [1.165, 1.54) is 9.08 Å². The van der Waals surface area contributed by atoms with E-state index < -0.39 is 20.0 Å². The number of aromatic nitrogens is 5. The van der Waals surface area contributed by atoms with Gasteiger partial charge in [-0.3, -0.25) is 14.2 Å². The predicted molar refractivity (Wildman–Crippen MR) is 151 cm³/mol. The minimum atomic E-state index is -1.68. The van der Waals surface area contributed by atoms with Gasteiger partial charge in [-0.2, -0.15) is 0 Å². The fourth-order valence-corrected chi connectivity index (χ4v) is 4.69. The third kappa shape index (κ3) is 4.67. The van der Waals surface area contributed by atoms with Crippen molar-refractivity contribution in [1.82, 2.24) is 29.5 Å². The number of para-hydroxylation sites is 1. The molecule has 3 aromatic heterocycles. The van der Waals surface area contributed by atoms with Crippen LogP contribution in [-0.4, -0.2) is 38.1 Å². The molecule has 0 aliphatic carbocycles. The van der Waals surface area contributed by atoms with Gasteiger partial charge in [-0.25, -0.2) is 14.5 Å². The zero-order valence-electron chi connectivity index (χ0n) is 21.6. The summed E-state index contributed by atoms with van der Waals surface area (Å²) in [5, 5.41) is 7.55. The van der Waals surface area contributed by atoms with Gasteiger partial charge in [0.05, 0.1) is 22.6 Å². The molecule has 5 aromatic rings. The highest BCUT2D eigenvalue weighted by atomic mass is 28.3. The summed E-state index contributed by atoms with van der Waals surface area (Å²) in [7, 11) is -1.68. The maximum Gasteiger partial charge on any atom is 0.267 e. The average molecular weight is 522 g/mol. The smallest absolute Gasteiger partial charge is 0.267 e. The van der Waals surface area contributed by atoms with Crippen LogP contribution < -0.4 is 16.6 Å². The maximum atomic E-state index is 14.1. The lowest BCUT2D eigenvalue weighted by molar-refractivity contribution is 0.0940. The molecule has 0 fully saturated rings. The molecule has 0 bridgehead atoms. The van der Waals surface area contributed by atoms with Gasteiger partial charge in [0, 0.05) is 18.0 Å². The number of nitrogens with two attached hydrogens (primary N) is 1. The molecule has 0 unspecified atom stereocenters. The number of rotatable bonds is 4. The maximum absolute atomic E-state index is 14.1. The Labute approximate surface area is 220 Å². The normalized spacial score (nSPS) is 12.2. The van der Waals surface area contributed by atoms with Gasteiger partial charge >= 0.3 is 0 Å². The molecular weight excluding hydrogens is 494 g/mol. The van der Waals surface area contributed by atoms with E-state index in [1.54, 1.807) is 31.5 Å². The van der Waals surface area contributed by atoms with Gasteiger partial charge in [0.2, 0.25) is 0 Å². The average Bonchev–Trinajstić information content (AvgIpc) is 3.23. The Kier molecular flexibility index (Phi) is 6.30. The molecule has 3 N–H and O–H groups in total. The molecule has 1 atom stereocenters. The van der Waals surface area contributed by atoms with Crippen LogP contribution >= 0.6 is 0 Å². The quantitative estimate of drug-likeness (QED) is 0.275. The van der Waals surface area contributed by atoms with Crippen LogP contribution in [0.5, 0.6) is 0 Å². The number of carbonyl (C=O) groups excluding carboxylic acids is 1. The second-order valence-corrected chi connectivity index (χ2v) is 14.7. The third-order valence-corrected chi connectivity index (χ3v) is 6.77. The van der Waals surface area contributed by atoms with Crippen LogP contribution in [0.1, 0.15) is 34.7 Å². The van der Waals surface area contributed by atoms with Gasteiger partial charge in [0.15, 0.2) is 11.5 Å². The molecule has 0 radical (unpaired) electrons. The van der Waals surface area contributed by atoms with Crippen molar-refractivity contribution in [3.8, 4) is 17.2 Å². The zero-order chi connectivity index (χ0) is 27.0. The van der Waals surface area contributed by atoms with Crippen molar-refractivity contribution >= 4 is 36.3 Å². The first-order valence-electron chi connectivity index (χ1n) is 12.2. The van der Waals surface area contributed by atoms with Gasteiger partial charge in [-0.05, 0) is 37.3 Å². The standard InChI is InChI=1S/C28H27N7O2Si/c1-18(31-27(36)23-24(29)33-34-16-9-15-30-26(23)34)25-32-21-13-8-10-19(14-17-38(2,3)4)22(21)28(37)35(25)20-11-6-5-7-12-20/h5-13,15-16,18H,1-4H3,(H2,29,33)(H,31,36)/t18-/m0/s1. The topological polar surface area (TPSA) is 120 Å². The van der Waals surface area contributed by atoms with Crippen LogP contribution in [0.2, 0.25) is 19.6 Å². The van der Waals surface area contributed by atoms with Gasteiger partial charge in [0.25, 0.3) is 11.5 Å². The Morgan fingerprint density at radius 1 is 1.08 bits per heavy atom. The lowest BCUT2D eigenvalue weighted by Gasteiger charge is -2.20. The van der Waals surface area contributed by atoms with E-state index in [9.17, 15) is 9.59 Å². The molecule has 2 aromatic carbocycles. The summed E-state index contributed by atoms with van der Waals surface area (Å²) in [4.78, 5) is 36.5. The van der Waals surface area contributed by atoms with Gasteiger partial charge in [0.1, 0.15) is 19.5 Å². The molecule has 10 heteroatoms. The predicted octanol–water partition coefficient (Wildman–Crippen LogP) is 3.73. The summed E-state index contributed by atoms with van der Waals surface area (Å²) in [5.41, 5.74) is 11.4. The number of nitrogens with zero attached hydrogens (tertiary/aromatic N) is 5. The van der Waals surface area contributed by atoms with E-state index in [2.05, 4.69) is 46.5 Å². The number of benzene rings is 2. The van der Waals surface area contributed by atoms with Gasteiger partial charge < -0.3 is 11.1 Å². The van der Waals surface area contributed by atoms with Crippen molar-refractivity contribution in [3.63, 3.8) is 0 Å². The number of amides is 1. The molecular formula is C28H27N7O2Si. The van der Waals surface area contributed by atoms with Crippen LogP contribution in [0.4, 0.5) is 5.82 Å². The Morgan fingerprint density at radius 2 is 1.84 bits per heavy atom. The molecule has 0 aliphatic rings. The number of hydrogen-bond acceptors (Lipinski definition) is 6. The number of fused-ring (bicyclic) bond motifs is 2. The molecule has 0 saturated heterocycles. The summed E-state index contributed by atoms with van der Waals surface area (Å²) in [6.07, 6.45) is 3.23. The second-order valence-electron chi connectivity index (χ2n) is 9.99. The van der Waals surface area contributed by atoms with Crippen molar-refractivity contribution in [3.05, 3.63) is 94.3 Å². The van der Waals surface area contributed by atoms with E-state index in [1.807, 2.05) is 42.5 Å². The summed E-state index contributed by atoms with van der Waals surface area (Å²) in [5.74, 6) is 3.20. The third-order valence-electron chi connectivity index (χ3n) is 5.89. The highest BCUT2D eigenvalue weighted by Crippen LogP contribution is 2.22. The molecule has 190 valence electrons. The Bertz CT molecular complexity index is 1810. The minimum absolute atomic E-state index is 0.0611. The van der Waals surface area contributed by atoms with Crippen molar-refractivity contribution in [2.75, 3.05) is 5.73 Å². The molecule has 0 saturated carbocycles. The van der Waals surface area contributed by atoms with E-state index in [0.29, 0.717) is 33.6 Å². The fraction of sp³-hybridized carbons (Fsp3) is 0.179. The lowest BCUT2D eigenvalue weighted by atomic mass is 10.1. The molecule has 0 spiro atoms. The van der Waals surface area contributed by atoms with Gasteiger partial charge in [-0.15, -0.1) is 10.6 Å². The number of nitrogen functional groups attached to an aromatic ring is 1. The number of hydrogen-bond donors (Lipinski definition) is 2. The van der Waals surface area contributed by atoms with Crippen molar-refractivity contribution in [2.45, 2.75) is 32.6 Å². The molecule has 3 heterocycles. The first kappa shape index (κ1) is 24.9. The van der Waals surface area contributed by atoms with Crippen molar-refractivity contribution in [2.24, 2.45) is 0 Å². The molecule has 5 rings (SSSR count). The molecule has 0 aliphatic heterocycles. The fourth-order valence-electron chi connectivity index (χ4n) is 4.18. The Balaban J connectivity index is 1.66. The highest BCUT2D eigenvalue weighted by Gasteiger charge is 2.25. The van der Waals surface area contributed by atoms with Crippen LogP contribution in [-0.2, 0) is 0 Å². The van der Waals surface area contributed by atoms with E-state index in [0.717, 1.165) is 0 Å². The van der Waals surface area contributed by atoms with Crippen LogP contribution in [0.25, 0.3) is 22.2 Å². The first-order valence-corrected chi connectivity index (χ1v) is 15.7. The van der Waals surface area contributed by atoms with Crippen LogP contribution in [0.15, 0.2) is 71.8 Å². The van der Waals surface area contributed by atoms with E-state index >= 15 is 0 Å². The molecule has 9 nitrogen and oxygen atoms in total. The largest absolute Gasteiger partial charge is 0.381 e. The number of nitrogens with one attached hydrogen (secondary N) is 1. The van der Waals surface area contributed by atoms with E-state index in [-0.39, 0.29) is 16.9 Å². The van der Waals surface area contributed by atoms with Crippen molar-refractivity contribution < 1.29 is 4.79 Å². The van der Waals surface area contributed by atoms with Gasteiger partial charge in [-0.1, -0.05) is 49.8 Å². The minimum Gasteiger partial charge on any atom is -0.381 e. The monoisotopic (exact) mass is 521 g/mol. The van der Waals surface area contributed by atoms with Crippen LogP contribution in [0, 0.1) is 11.5 Å². The Morgan fingerprint density at radius 3 is 2.58 bits per heavy atom. The summed E-state index contributed by atoms with van der Waals surface area (Å²) in [6, 6.07) is 15.7. The van der Waals surface area contributed by atoms with Crippen LogP contribution in [0.3, 0.4) is 0 Å². The highest BCUT2D eigenvalue weighted by molar-refractivity contribution is 6.83. The first-order chi connectivity index (χ1) is 18.1. The molecule has 38 heavy (non-hydrogen) atoms. The Hall–Kier alpha value is -4.75. The zero-order valence-corrected chi connectivity index (χ0v) is 22.6. The summed E-state index contributed by atoms with van der Waals surface area (Å²) < 4.78 is 2.98.